The fourth-order valence-corrected chi connectivity index (χ4v) is 2.84. The summed E-state index contributed by atoms with van der Waals surface area (Å²) in [6.45, 7) is 7.60. The van der Waals surface area contributed by atoms with Crippen molar-refractivity contribution in [3.05, 3.63) is 47.3 Å². The molecule has 7 nitrogen and oxygen atoms in total. The van der Waals surface area contributed by atoms with Gasteiger partial charge in [0.1, 0.15) is 17.5 Å². The van der Waals surface area contributed by atoms with Crippen LogP contribution in [-0.4, -0.2) is 29.6 Å². The fourth-order valence-electron chi connectivity index (χ4n) is 2.84. The molecule has 3 rings (SSSR count). The lowest BCUT2D eigenvalue weighted by Crippen LogP contribution is -2.52. The number of rotatable bonds is 3. The maximum Gasteiger partial charge on any atom is 0.319 e. The van der Waals surface area contributed by atoms with Gasteiger partial charge in [0, 0.05) is 0 Å². The summed E-state index contributed by atoms with van der Waals surface area (Å²) in [5.74, 6) is -0.152. The van der Waals surface area contributed by atoms with E-state index in [2.05, 4.69) is 15.8 Å². The number of aromatic nitrogens is 1. The molecule has 1 aliphatic heterocycles. The largest absolute Gasteiger partial charge is 0.359 e. The highest BCUT2D eigenvalue weighted by Gasteiger charge is 2.38. The van der Waals surface area contributed by atoms with E-state index in [4.69, 9.17) is 14.0 Å². The van der Waals surface area contributed by atoms with Crippen LogP contribution in [0.15, 0.2) is 34.9 Å². The molecule has 0 radical (unpaired) electrons. The molecule has 1 aromatic carbocycles. The highest BCUT2D eigenvalue weighted by atomic mass is 16.7. The van der Waals surface area contributed by atoms with Gasteiger partial charge in [-0.1, -0.05) is 35.5 Å². The Balaban J connectivity index is 1.74. The van der Waals surface area contributed by atoms with Crippen LogP contribution in [0.25, 0.3) is 0 Å². The van der Waals surface area contributed by atoms with Gasteiger partial charge in [0.15, 0.2) is 11.5 Å². The van der Waals surface area contributed by atoms with Crippen molar-refractivity contribution in [2.75, 3.05) is 11.9 Å². The summed E-state index contributed by atoms with van der Waals surface area (Å²) in [6.07, 6.45) is -0.305. The zero-order chi connectivity index (χ0) is 18.0. The molecule has 25 heavy (non-hydrogen) atoms. The van der Waals surface area contributed by atoms with E-state index in [9.17, 15) is 4.79 Å². The number of anilines is 1. The molecule has 2 heterocycles. The lowest BCUT2D eigenvalue weighted by Gasteiger charge is -2.41. The van der Waals surface area contributed by atoms with Crippen molar-refractivity contribution in [1.82, 2.24) is 10.5 Å². The smallest absolute Gasteiger partial charge is 0.319 e. The molecule has 0 unspecified atom stereocenters. The Labute approximate surface area is 146 Å². The molecule has 0 aliphatic carbocycles. The molecule has 0 bridgehead atoms. The number of ether oxygens (including phenoxy) is 2. The molecule has 2 atom stereocenters. The molecule has 2 amide bonds. The second-order valence-corrected chi connectivity index (χ2v) is 6.56. The van der Waals surface area contributed by atoms with Gasteiger partial charge in [0.05, 0.1) is 12.6 Å². The Morgan fingerprint density at radius 2 is 1.96 bits per heavy atom. The lowest BCUT2D eigenvalue weighted by molar-refractivity contribution is -0.284. The van der Waals surface area contributed by atoms with Crippen LogP contribution in [0.2, 0.25) is 0 Å². The second-order valence-electron chi connectivity index (χ2n) is 6.56. The summed E-state index contributed by atoms with van der Waals surface area (Å²) >= 11 is 0. The maximum atomic E-state index is 12.4. The zero-order valence-electron chi connectivity index (χ0n) is 14.8. The third kappa shape index (κ3) is 4.00. The van der Waals surface area contributed by atoms with E-state index in [1.54, 1.807) is 13.8 Å². The Kier molecular flexibility index (Phi) is 4.78. The van der Waals surface area contributed by atoms with Gasteiger partial charge in [-0.15, -0.1) is 0 Å². The normalized spacial score (nSPS) is 22.4. The molecule has 1 fully saturated rings. The molecule has 2 aromatic rings. The summed E-state index contributed by atoms with van der Waals surface area (Å²) in [7, 11) is 0. The van der Waals surface area contributed by atoms with Crippen molar-refractivity contribution in [3.8, 4) is 0 Å². The number of nitrogens with one attached hydrogen (secondary N) is 2. The molecular formula is C18H23N3O4. The fraction of sp³-hybridized carbons (Fsp3) is 0.444. The summed E-state index contributed by atoms with van der Waals surface area (Å²) in [5, 5.41) is 9.54. The SMILES string of the molecule is Cc1noc(C)c1NC(=O)N[C@@H]1COC(C)(C)O[C@@H]1c1ccccc1. The number of carbonyl (C=O) groups is 1. The van der Waals surface area contributed by atoms with Gasteiger partial charge in [0.2, 0.25) is 0 Å². The number of nitrogens with zero attached hydrogens (tertiary/aromatic N) is 1. The molecule has 1 aromatic heterocycles. The molecule has 1 saturated heterocycles. The molecule has 1 aliphatic rings. The van der Waals surface area contributed by atoms with Gasteiger partial charge in [-0.2, -0.15) is 0 Å². The van der Waals surface area contributed by atoms with Gasteiger partial charge >= 0.3 is 6.03 Å². The van der Waals surface area contributed by atoms with E-state index in [0.717, 1.165) is 5.56 Å². The lowest BCUT2D eigenvalue weighted by atomic mass is 10.0. The average molecular weight is 345 g/mol. The minimum Gasteiger partial charge on any atom is -0.359 e. The number of aryl methyl sites for hydroxylation is 2. The van der Waals surface area contributed by atoms with E-state index >= 15 is 0 Å². The number of benzene rings is 1. The first-order valence-electron chi connectivity index (χ1n) is 8.23. The van der Waals surface area contributed by atoms with Crippen LogP contribution in [0.5, 0.6) is 0 Å². The van der Waals surface area contributed by atoms with Gasteiger partial charge in [0.25, 0.3) is 0 Å². The molecular weight excluding hydrogens is 322 g/mol. The van der Waals surface area contributed by atoms with E-state index in [1.165, 1.54) is 0 Å². The van der Waals surface area contributed by atoms with E-state index in [1.807, 2.05) is 44.2 Å². The third-order valence-corrected chi connectivity index (χ3v) is 4.10. The van der Waals surface area contributed by atoms with Gasteiger partial charge in [-0.25, -0.2) is 4.79 Å². The van der Waals surface area contributed by atoms with Crippen LogP contribution in [0.3, 0.4) is 0 Å². The number of hydrogen-bond donors (Lipinski definition) is 2. The topological polar surface area (TPSA) is 85.6 Å². The Morgan fingerprint density at radius 1 is 1.24 bits per heavy atom. The van der Waals surface area contributed by atoms with Crippen molar-refractivity contribution in [2.24, 2.45) is 0 Å². The minimum atomic E-state index is -0.711. The summed E-state index contributed by atoms with van der Waals surface area (Å²) in [5.41, 5.74) is 2.19. The zero-order valence-corrected chi connectivity index (χ0v) is 14.8. The predicted molar refractivity (Wildman–Crippen MR) is 92.2 cm³/mol. The van der Waals surface area contributed by atoms with Gasteiger partial charge < -0.3 is 24.6 Å². The minimum absolute atomic E-state index is 0.305. The Hall–Kier alpha value is -2.38. The average Bonchev–Trinajstić information content (AvgIpc) is 2.89. The van der Waals surface area contributed by atoms with Crippen LogP contribution >= 0.6 is 0 Å². The quantitative estimate of drug-likeness (QED) is 0.891. The number of hydrogen-bond acceptors (Lipinski definition) is 5. The van der Waals surface area contributed by atoms with E-state index in [0.29, 0.717) is 23.7 Å². The summed E-state index contributed by atoms with van der Waals surface area (Å²) in [6, 6.07) is 9.12. The molecule has 2 N–H and O–H groups in total. The van der Waals surface area contributed by atoms with E-state index in [-0.39, 0.29) is 18.2 Å². The molecule has 7 heteroatoms. The summed E-state index contributed by atoms with van der Waals surface area (Å²) in [4.78, 5) is 12.4. The first-order valence-corrected chi connectivity index (χ1v) is 8.23. The monoisotopic (exact) mass is 345 g/mol. The van der Waals surface area contributed by atoms with Crippen LogP contribution in [0.1, 0.15) is 37.0 Å². The number of urea groups is 1. The van der Waals surface area contributed by atoms with Crippen LogP contribution < -0.4 is 10.6 Å². The van der Waals surface area contributed by atoms with Crippen molar-refractivity contribution >= 4 is 11.7 Å². The number of amides is 2. The van der Waals surface area contributed by atoms with E-state index < -0.39 is 5.79 Å². The first-order chi connectivity index (χ1) is 11.9. The van der Waals surface area contributed by atoms with Crippen LogP contribution in [0.4, 0.5) is 10.5 Å². The summed E-state index contributed by atoms with van der Waals surface area (Å²) < 4.78 is 16.8. The van der Waals surface area contributed by atoms with Crippen molar-refractivity contribution in [1.29, 1.82) is 0 Å². The number of carbonyl (C=O) groups excluding carboxylic acids is 1. The highest BCUT2D eigenvalue weighted by molar-refractivity contribution is 5.90. The maximum absolute atomic E-state index is 12.4. The highest BCUT2D eigenvalue weighted by Crippen LogP contribution is 2.33. The van der Waals surface area contributed by atoms with Gasteiger partial charge in [-0.3, -0.25) is 0 Å². The third-order valence-electron chi connectivity index (χ3n) is 4.10. The van der Waals surface area contributed by atoms with Crippen LogP contribution in [-0.2, 0) is 9.47 Å². The van der Waals surface area contributed by atoms with Gasteiger partial charge in [-0.05, 0) is 33.3 Å². The van der Waals surface area contributed by atoms with Crippen molar-refractivity contribution in [3.63, 3.8) is 0 Å². The standard InChI is InChI=1S/C18H23N3O4/c1-11-15(12(2)25-21-11)20-17(22)19-14-10-23-18(3,4)24-16(14)13-8-6-5-7-9-13/h5-9,14,16H,10H2,1-4H3,(H2,19,20,22)/t14-,16-/m1/s1. The Bertz CT molecular complexity index is 723. The predicted octanol–water partition coefficient (Wildman–Crippen LogP) is 3.31. The van der Waals surface area contributed by atoms with Crippen molar-refractivity contribution < 1.29 is 18.8 Å². The molecule has 0 saturated carbocycles. The molecule has 0 spiro atoms. The first kappa shape index (κ1) is 17.4. The molecule has 134 valence electrons. The van der Waals surface area contributed by atoms with Crippen molar-refractivity contribution in [2.45, 2.75) is 45.6 Å². The Morgan fingerprint density at radius 3 is 2.60 bits per heavy atom. The second kappa shape index (κ2) is 6.85. The van der Waals surface area contributed by atoms with Crippen LogP contribution in [0, 0.1) is 13.8 Å².